The highest BCUT2D eigenvalue weighted by atomic mass is 19.1. The second kappa shape index (κ2) is 8.55. The number of ether oxygens (including phenoxy) is 2. The van der Waals surface area contributed by atoms with Crippen molar-refractivity contribution in [2.45, 2.75) is 13.5 Å². The van der Waals surface area contributed by atoms with Crippen LogP contribution in [-0.2, 0) is 11.3 Å². The van der Waals surface area contributed by atoms with Crippen molar-refractivity contribution < 1.29 is 18.7 Å². The van der Waals surface area contributed by atoms with Crippen LogP contribution in [0, 0.1) is 12.7 Å². The number of aromatic nitrogens is 2. The number of carbonyl (C=O) groups excluding carboxylic acids is 1. The Morgan fingerprint density at radius 1 is 1.10 bits per heavy atom. The summed E-state index contributed by atoms with van der Waals surface area (Å²) >= 11 is 0. The van der Waals surface area contributed by atoms with Gasteiger partial charge >= 0.3 is 0 Å². The third-order valence-electron chi connectivity index (χ3n) is 4.30. The van der Waals surface area contributed by atoms with Gasteiger partial charge in [-0.3, -0.25) is 9.59 Å². The molecule has 7 nitrogen and oxygen atoms in total. The van der Waals surface area contributed by atoms with Gasteiger partial charge in [-0.05, 0) is 42.8 Å². The minimum absolute atomic E-state index is 0.305. The number of halogens is 1. The number of rotatable bonds is 6. The van der Waals surface area contributed by atoms with E-state index in [2.05, 4.69) is 10.4 Å². The molecule has 1 heterocycles. The topological polar surface area (TPSA) is 82.5 Å². The molecule has 8 heteroatoms. The van der Waals surface area contributed by atoms with Gasteiger partial charge in [-0.2, -0.15) is 5.10 Å². The van der Waals surface area contributed by atoms with Crippen LogP contribution in [0.2, 0.25) is 0 Å². The van der Waals surface area contributed by atoms with E-state index < -0.39 is 17.3 Å². The molecule has 0 bridgehead atoms. The summed E-state index contributed by atoms with van der Waals surface area (Å²) in [5, 5.41) is 6.83. The zero-order chi connectivity index (χ0) is 21.0. The molecule has 0 aliphatic rings. The molecular weight excluding hydrogens is 377 g/mol. The highest BCUT2D eigenvalue weighted by molar-refractivity contribution is 5.90. The lowest BCUT2D eigenvalue weighted by Gasteiger charge is -2.12. The van der Waals surface area contributed by atoms with Gasteiger partial charge in [0.15, 0.2) is 0 Å². The maximum absolute atomic E-state index is 13.6. The zero-order valence-corrected chi connectivity index (χ0v) is 16.2. The van der Waals surface area contributed by atoms with Crippen LogP contribution in [0.4, 0.5) is 10.1 Å². The van der Waals surface area contributed by atoms with E-state index >= 15 is 0 Å². The van der Waals surface area contributed by atoms with Crippen molar-refractivity contribution in [1.29, 1.82) is 0 Å². The number of aryl methyl sites for hydroxylation is 1. The van der Waals surface area contributed by atoms with E-state index in [0.717, 1.165) is 4.68 Å². The Bertz CT molecular complexity index is 1110. The van der Waals surface area contributed by atoms with E-state index in [1.54, 1.807) is 50.4 Å². The van der Waals surface area contributed by atoms with Crippen LogP contribution in [0.15, 0.2) is 53.3 Å². The summed E-state index contributed by atoms with van der Waals surface area (Å²) in [7, 11) is 3.06. The summed E-state index contributed by atoms with van der Waals surface area (Å²) in [5.74, 6) is 0.207. The average molecular weight is 397 g/mol. The number of amides is 1. The Hall–Kier alpha value is -3.68. The lowest BCUT2D eigenvalue weighted by molar-refractivity contribution is -0.117. The van der Waals surface area contributed by atoms with Crippen LogP contribution in [-0.4, -0.2) is 29.9 Å². The number of methoxy groups -OCH3 is 2. The largest absolute Gasteiger partial charge is 0.497 e. The molecule has 2 aromatic carbocycles. The fourth-order valence-corrected chi connectivity index (χ4v) is 2.72. The van der Waals surface area contributed by atoms with Gasteiger partial charge in [0.2, 0.25) is 5.91 Å². The molecule has 29 heavy (non-hydrogen) atoms. The standard InChI is InChI=1S/C21H20FN3O4/c1-13-4-5-14(10-17(13)22)23-20(26)12-25-21(27)9-8-18(24-25)16-7-6-15(28-2)11-19(16)29-3/h4-11H,12H2,1-3H3,(H,23,26). The highest BCUT2D eigenvalue weighted by Crippen LogP contribution is 2.31. The second-order valence-electron chi connectivity index (χ2n) is 6.29. The third kappa shape index (κ3) is 4.60. The first kappa shape index (κ1) is 20.1. The molecule has 0 radical (unpaired) electrons. The van der Waals surface area contributed by atoms with Crippen molar-refractivity contribution in [2.24, 2.45) is 0 Å². The van der Waals surface area contributed by atoms with Crippen LogP contribution < -0.4 is 20.3 Å². The first-order chi connectivity index (χ1) is 13.9. The van der Waals surface area contributed by atoms with Crippen LogP contribution in [0.25, 0.3) is 11.3 Å². The van der Waals surface area contributed by atoms with Crippen molar-refractivity contribution >= 4 is 11.6 Å². The van der Waals surface area contributed by atoms with Gasteiger partial charge in [0.05, 0.1) is 19.9 Å². The van der Waals surface area contributed by atoms with Gasteiger partial charge in [0.1, 0.15) is 23.9 Å². The summed E-state index contributed by atoms with van der Waals surface area (Å²) < 4.78 is 25.2. The molecule has 1 amide bonds. The molecule has 3 rings (SSSR count). The van der Waals surface area contributed by atoms with E-state index in [9.17, 15) is 14.0 Å². The first-order valence-electron chi connectivity index (χ1n) is 8.78. The van der Waals surface area contributed by atoms with Crippen molar-refractivity contribution in [1.82, 2.24) is 9.78 Å². The Labute approximate surface area is 166 Å². The molecule has 0 fully saturated rings. The van der Waals surface area contributed by atoms with Crippen molar-refractivity contribution in [2.75, 3.05) is 19.5 Å². The molecule has 0 saturated heterocycles. The van der Waals surface area contributed by atoms with Crippen molar-refractivity contribution in [3.8, 4) is 22.8 Å². The highest BCUT2D eigenvalue weighted by Gasteiger charge is 2.13. The molecule has 3 aromatic rings. The number of hydrogen-bond acceptors (Lipinski definition) is 5. The van der Waals surface area contributed by atoms with Gasteiger partial charge in [-0.25, -0.2) is 9.07 Å². The summed E-state index contributed by atoms with van der Waals surface area (Å²) in [6.07, 6.45) is 0. The van der Waals surface area contributed by atoms with Crippen LogP contribution in [0.1, 0.15) is 5.56 Å². The maximum Gasteiger partial charge on any atom is 0.267 e. The number of nitrogens with zero attached hydrogens (tertiary/aromatic N) is 2. The molecule has 0 aliphatic carbocycles. The summed E-state index contributed by atoms with van der Waals surface area (Å²) in [4.78, 5) is 24.5. The van der Waals surface area contributed by atoms with Gasteiger partial charge < -0.3 is 14.8 Å². The predicted octanol–water partition coefficient (Wildman–Crippen LogP) is 3.01. The van der Waals surface area contributed by atoms with E-state index in [1.807, 2.05) is 0 Å². The van der Waals surface area contributed by atoms with Crippen LogP contribution in [0.3, 0.4) is 0 Å². The average Bonchev–Trinajstić information content (AvgIpc) is 2.72. The molecule has 1 aromatic heterocycles. The Morgan fingerprint density at radius 3 is 2.59 bits per heavy atom. The third-order valence-corrected chi connectivity index (χ3v) is 4.30. The monoisotopic (exact) mass is 397 g/mol. The number of hydrogen-bond donors (Lipinski definition) is 1. The fourth-order valence-electron chi connectivity index (χ4n) is 2.72. The lowest BCUT2D eigenvalue weighted by Crippen LogP contribution is -2.29. The summed E-state index contributed by atoms with van der Waals surface area (Å²) in [5.41, 5.74) is 1.44. The zero-order valence-electron chi connectivity index (χ0n) is 16.2. The predicted molar refractivity (Wildman–Crippen MR) is 107 cm³/mol. The van der Waals surface area contributed by atoms with Gasteiger partial charge in [0.25, 0.3) is 5.56 Å². The molecule has 1 N–H and O–H groups in total. The van der Waals surface area contributed by atoms with Gasteiger partial charge in [-0.1, -0.05) is 6.07 Å². The minimum Gasteiger partial charge on any atom is -0.497 e. The summed E-state index contributed by atoms with van der Waals surface area (Å²) in [6, 6.07) is 12.4. The smallest absolute Gasteiger partial charge is 0.267 e. The number of anilines is 1. The van der Waals surface area contributed by atoms with E-state index in [-0.39, 0.29) is 6.54 Å². The second-order valence-corrected chi connectivity index (χ2v) is 6.29. The molecule has 150 valence electrons. The molecule has 0 saturated carbocycles. The maximum atomic E-state index is 13.6. The van der Waals surface area contributed by atoms with Crippen LogP contribution in [0.5, 0.6) is 11.5 Å². The first-order valence-corrected chi connectivity index (χ1v) is 8.78. The SMILES string of the molecule is COc1ccc(-c2ccc(=O)n(CC(=O)Nc3ccc(C)c(F)c3)n2)c(OC)c1. The van der Waals surface area contributed by atoms with E-state index in [1.165, 1.54) is 19.2 Å². The van der Waals surface area contributed by atoms with E-state index in [0.29, 0.717) is 34.0 Å². The molecule has 0 spiro atoms. The molecular formula is C21H20FN3O4. The normalized spacial score (nSPS) is 10.5. The Morgan fingerprint density at radius 2 is 1.90 bits per heavy atom. The van der Waals surface area contributed by atoms with Gasteiger partial charge in [-0.15, -0.1) is 0 Å². The minimum atomic E-state index is -0.498. The van der Waals surface area contributed by atoms with E-state index in [4.69, 9.17) is 9.47 Å². The Balaban J connectivity index is 1.85. The van der Waals surface area contributed by atoms with Gasteiger partial charge in [0, 0.05) is 23.4 Å². The Kier molecular flexibility index (Phi) is 5.92. The van der Waals surface area contributed by atoms with Crippen LogP contribution >= 0.6 is 0 Å². The van der Waals surface area contributed by atoms with Crippen molar-refractivity contribution in [3.05, 3.63) is 70.3 Å². The molecule has 0 atom stereocenters. The number of benzene rings is 2. The van der Waals surface area contributed by atoms with Crippen molar-refractivity contribution in [3.63, 3.8) is 0 Å². The fraction of sp³-hybridized carbons (Fsp3) is 0.190. The molecule has 0 aliphatic heterocycles. The number of carbonyl (C=O) groups is 1. The summed E-state index contributed by atoms with van der Waals surface area (Å²) in [6.45, 7) is 1.31. The number of nitrogens with one attached hydrogen (secondary N) is 1. The lowest BCUT2D eigenvalue weighted by atomic mass is 10.1. The molecule has 0 unspecified atom stereocenters. The quantitative estimate of drug-likeness (QED) is 0.691.